The van der Waals surface area contributed by atoms with Gasteiger partial charge in [0.05, 0.1) is 12.4 Å². The van der Waals surface area contributed by atoms with Crippen molar-refractivity contribution in [3.05, 3.63) is 30.3 Å². The molecular formula is C15H17N3O3S2. The summed E-state index contributed by atoms with van der Waals surface area (Å²) < 4.78 is 5.45. The minimum Gasteiger partial charge on any atom is -0.465 e. The monoisotopic (exact) mass is 351 g/mol. The highest BCUT2D eigenvalue weighted by Crippen LogP contribution is 2.35. The van der Waals surface area contributed by atoms with Crippen molar-refractivity contribution in [3.63, 3.8) is 0 Å². The van der Waals surface area contributed by atoms with Gasteiger partial charge in [0, 0.05) is 5.56 Å². The standard InChI is InChI=1S/C15H17N3O3S2/c1-2-21-12(20)8-17-11(19)9-22-15-18-13(14(16)23-15)10-6-4-3-5-7-10/h3-7H,2,8-9,16H2,1H3,(H,17,19). The Morgan fingerprint density at radius 1 is 1.35 bits per heavy atom. The van der Waals surface area contributed by atoms with Gasteiger partial charge in [-0.2, -0.15) is 0 Å². The van der Waals surface area contributed by atoms with Gasteiger partial charge in [0.25, 0.3) is 0 Å². The van der Waals surface area contributed by atoms with Crippen molar-refractivity contribution in [1.82, 2.24) is 10.3 Å². The molecule has 3 N–H and O–H groups in total. The van der Waals surface area contributed by atoms with Crippen molar-refractivity contribution in [2.45, 2.75) is 11.3 Å². The van der Waals surface area contributed by atoms with Crippen molar-refractivity contribution in [2.75, 3.05) is 24.6 Å². The second-order valence-electron chi connectivity index (χ2n) is 4.43. The molecule has 0 aliphatic heterocycles. The first-order valence-electron chi connectivity index (χ1n) is 6.97. The Bertz CT molecular complexity index is 674. The van der Waals surface area contributed by atoms with Gasteiger partial charge in [-0.3, -0.25) is 9.59 Å². The van der Waals surface area contributed by atoms with Crippen LogP contribution in [0.4, 0.5) is 5.00 Å². The Kier molecular flexibility index (Phi) is 6.42. The van der Waals surface area contributed by atoms with Crippen LogP contribution in [0.5, 0.6) is 0 Å². The molecule has 0 spiro atoms. The lowest BCUT2D eigenvalue weighted by Crippen LogP contribution is -2.31. The molecule has 0 atom stereocenters. The molecule has 2 aromatic rings. The molecule has 0 saturated heterocycles. The number of rotatable bonds is 7. The average molecular weight is 351 g/mol. The third-order valence-electron chi connectivity index (χ3n) is 2.74. The number of carbonyl (C=O) groups is 2. The number of hydrogen-bond acceptors (Lipinski definition) is 7. The summed E-state index contributed by atoms with van der Waals surface area (Å²) >= 11 is 2.63. The summed E-state index contributed by atoms with van der Waals surface area (Å²) in [5.41, 5.74) is 7.66. The maximum absolute atomic E-state index is 11.7. The Labute approximate surface area is 142 Å². The molecule has 122 valence electrons. The van der Waals surface area contributed by atoms with E-state index in [0.717, 1.165) is 11.3 Å². The molecule has 0 bridgehead atoms. The van der Waals surface area contributed by atoms with Crippen LogP contribution >= 0.6 is 23.1 Å². The number of thiazole rings is 1. The highest BCUT2D eigenvalue weighted by molar-refractivity contribution is 8.01. The number of ether oxygens (including phenoxy) is 1. The van der Waals surface area contributed by atoms with Crippen LogP contribution in [0.1, 0.15) is 6.92 Å². The predicted octanol–water partition coefficient (Wildman–Crippen LogP) is 2.16. The van der Waals surface area contributed by atoms with E-state index in [1.165, 1.54) is 23.1 Å². The van der Waals surface area contributed by atoms with Crippen LogP contribution in [0.25, 0.3) is 11.3 Å². The van der Waals surface area contributed by atoms with Gasteiger partial charge in [0.15, 0.2) is 4.34 Å². The number of anilines is 1. The van der Waals surface area contributed by atoms with Crippen LogP contribution in [0.3, 0.4) is 0 Å². The van der Waals surface area contributed by atoms with E-state index in [1.807, 2.05) is 30.3 Å². The normalized spacial score (nSPS) is 10.3. The highest BCUT2D eigenvalue weighted by atomic mass is 32.2. The smallest absolute Gasteiger partial charge is 0.325 e. The number of thioether (sulfide) groups is 1. The van der Waals surface area contributed by atoms with Crippen LogP contribution in [0.2, 0.25) is 0 Å². The van der Waals surface area contributed by atoms with Crippen LogP contribution in [0, 0.1) is 0 Å². The van der Waals surface area contributed by atoms with E-state index in [9.17, 15) is 9.59 Å². The van der Waals surface area contributed by atoms with Gasteiger partial charge in [-0.1, -0.05) is 53.4 Å². The molecule has 2 rings (SSSR count). The summed E-state index contributed by atoms with van der Waals surface area (Å²) in [5, 5.41) is 3.12. The van der Waals surface area contributed by atoms with Crippen molar-refractivity contribution in [3.8, 4) is 11.3 Å². The topological polar surface area (TPSA) is 94.3 Å². The van der Waals surface area contributed by atoms with Gasteiger partial charge in [0.1, 0.15) is 17.2 Å². The molecule has 1 aromatic carbocycles. The lowest BCUT2D eigenvalue weighted by atomic mass is 10.2. The van der Waals surface area contributed by atoms with E-state index in [2.05, 4.69) is 10.3 Å². The number of benzene rings is 1. The number of amides is 1. The number of nitrogens with zero attached hydrogens (tertiary/aromatic N) is 1. The fraction of sp³-hybridized carbons (Fsp3) is 0.267. The van der Waals surface area contributed by atoms with E-state index in [0.29, 0.717) is 15.9 Å². The fourth-order valence-corrected chi connectivity index (χ4v) is 3.52. The van der Waals surface area contributed by atoms with E-state index >= 15 is 0 Å². The summed E-state index contributed by atoms with van der Waals surface area (Å²) in [6.07, 6.45) is 0. The number of esters is 1. The Hall–Kier alpha value is -2.06. The largest absolute Gasteiger partial charge is 0.465 e. The molecule has 1 aromatic heterocycles. The van der Waals surface area contributed by atoms with Crippen molar-refractivity contribution >= 4 is 40.0 Å². The summed E-state index contributed by atoms with van der Waals surface area (Å²) in [6, 6.07) is 9.64. The minimum absolute atomic E-state index is 0.123. The van der Waals surface area contributed by atoms with Crippen LogP contribution in [0.15, 0.2) is 34.7 Å². The second-order valence-corrected chi connectivity index (χ2v) is 6.68. The molecule has 6 nitrogen and oxygen atoms in total. The number of nitrogen functional groups attached to an aromatic ring is 1. The lowest BCUT2D eigenvalue weighted by Gasteiger charge is -2.03. The number of nitrogens with two attached hydrogens (primary N) is 1. The third-order valence-corrected chi connectivity index (χ3v) is 4.77. The summed E-state index contributed by atoms with van der Waals surface area (Å²) in [4.78, 5) is 27.3. The van der Waals surface area contributed by atoms with Crippen LogP contribution in [-0.2, 0) is 14.3 Å². The van der Waals surface area contributed by atoms with E-state index in [4.69, 9.17) is 10.5 Å². The molecule has 8 heteroatoms. The molecule has 1 amide bonds. The average Bonchev–Trinajstić information content (AvgIpc) is 2.93. The lowest BCUT2D eigenvalue weighted by molar-refractivity contribution is -0.143. The zero-order valence-corrected chi connectivity index (χ0v) is 14.2. The quantitative estimate of drug-likeness (QED) is 0.586. The maximum Gasteiger partial charge on any atom is 0.325 e. The molecule has 1 heterocycles. The van der Waals surface area contributed by atoms with Crippen molar-refractivity contribution in [1.29, 1.82) is 0 Å². The molecule has 23 heavy (non-hydrogen) atoms. The number of aromatic nitrogens is 1. The van der Waals surface area contributed by atoms with Gasteiger partial charge in [0.2, 0.25) is 5.91 Å². The first-order valence-corrected chi connectivity index (χ1v) is 8.77. The molecule has 0 aliphatic rings. The third kappa shape index (κ3) is 5.26. The van der Waals surface area contributed by atoms with Gasteiger partial charge in [-0.05, 0) is 6.92 Å². The van der Waals surface area contributed by atoms with E-state index in [1.54, 1.807) is 6.92 Å². The van der Waals surface area contributed by atoms with Crippen molar-refractivity contribution in [2.24, 2.45) is 0 Å². The minimum atomic E-state index is -0.448. The predicted molar refractivity (Wildman–Crippen MR) is 92.3 cm³/mol. The summed E-state index contributed by atoms with van der Waals surface area (Å²) in [5.74, 6) is -0.533. The SMILES string of the molecule is CCOC(=O)CNC(=O)CSc1nc(-c2ccccc2)c(N)s1. The summed E-state index contributed by atoms with van der Waals surface area (Å²) in [6.45, 7) is 1.89. The first-order chi connectivity index (χ1) is 11.1. The first kappa shape index (κ1) is 17.3. The Balaban J connectivity index is 1.87. The molecule has 0 radical (unpaired) electrons. The number of nitrogens with one attached hydrogen (secondary N) is 1. The molecule has 0 aliphatic carbocycles. The van der Waals surface area contributed by atoms with Gasteiger partial charge < -0.3 is 15.8 Å². The Morgan fingerprint density at radius 2 is 2.09 bits per heavy atom. The second kappa shape index (κ2) is 8.54. The van der Waals surface area contributed by atoms with Crippen molar-refractivity contribution < 1.29 is 14.3 Å². The number of hydrogen-bond donors (Lipinski definition) is 2. The van der Waals surface area contributed by atoms with E-state index in [-0.39, 0.29) is 18.2 Å². The van der Waals surface area contributed by atoms with Gasteiger partial charge in [-0.25, -0.2) is 4.98 Å². The molecule has 0 saturated carbocycles. The zero-order valence-electron chi connectivity index (χ0n) is 12.6. The number of carbonyl (C=O) groups excluding carboxylic acids is 2. The molecule has 0 unspecified atom stereocenters. The summed E-state index contributed by atoms with van der Waals surface area (Å²) in [7, 11) is 0. The van der Waals surface area contributed by atoms with Crippen LogP contribution in [-0.4, -0.2) is 35.8 Å². The highest BCUT2D eigenvalue weighted by Gasteiger charge is 2.13. The molecular weight excluding hydrogens is 334 g/mol. The van der Waals surface area contributed by atoms with E-state index < -0.39 is 5.97 Å². The maximum atomic E-state index is 11.7. The molecule has 0 fully saturated rings. The Morgan fingerprint density at radius 3 is 2.78 bits per heavy atom. The van der Waals surface area contributed by atoms with Gasteiger partial charge in [-0.15, -0.1) is 0 Å². The van der Waals surface area contributed by atoms with Gasteiger partial charge >= 0.3 is 5.97 Å². The van der Waals surface area contributed by atoms with Crippen LogP contribution < -0.4 is 11.1 Å². The fourth-order valence-electron chi connectivity index (χ4n) is 1.74. The zero-order chi connectivity index (χ0) is 16.7.